The van der Waals surface area contributed by atoms with E-state index in [1.807, 2.05) is 6.07 Å². The molecule has 0 atom stereocenters. The van der Waals surface area contributed by atoms with Crippen LogP contribution < -0.4 is 5.32 Å². The van der Waals surface area contributed by atoms with Crippen molar-refractivity contribution in [2.24, 2.45) is 9.98 Å². The Morgan fingerprint density at radius 2 is 2.44 bits per heavy atom. The molecule has 0 radical (unpaired) electrons. The summed E-state index contributed by atoms with van der Waals surface area (Å²) in [5, 5.41) is 11.5. The van der Waals surface area contributed by atoms with Gasteiger partial charge in [0.25, 0.3) is 0 Å². The zero-order valence-corrected chi connectivity index (χ0v) is 8.88. The number of nitrogens with zero attached hydrogens (tertiary/aromatic N) is 4. The fourth-order valence-electron chi connectivity index (χ4n) is 0.970. The van der Waals surface area contributed by atoms with Crippen LogP contribution >= 0.6 is 0 Å². The lowest BCUT2D eigenvalue weighted by Crippen LogP contribution is -2.09. The van der Waals surface area contributed by atoms with Crippen LogP contribution in [0.3, 0.4) is 0 Å². The van der Waals surface area contributed by atoms with Crippen molar-refractivity contribution in [2.45, 2.75) is 6.92 Å². The average molecular weight is 213 g/mol. The van der Waals surface area contributed by atoms with Crippen LogP contribution in [-0.4, -0.2) is 17.2 Å². The molecule has 0 aliphatic heterocycles. The van der Waals surface area contributed by atoms with Gasteiger partial charge in [0, 0.05) is 12.4 Å². The molecule has 0 bridgehead atoms. The summed E-state index contributed by atoms with van der Waals surface area (Å²) in [7, 11) is 0. The summed E-state index contributed by atoms with van der Waals surface area (Å²) in [6.45, 7) is 5.28. The summed E-state index contributed by atoms with van der Waals surface area (Å²) < 4.78 is 0. The van der Waals surface area contributed by atoms with Gasteiger partial charge in [0.05, 0.1) is 11.9 Å². The molecule has 80 valence electrons. The summed E-state index contributed by atoms with van der Waals surface area (Å²) >= 11 is 0. The lowest BCUT2D eigenvalue weighted by molar-refractivity contribution is 1.26. The van der Waals surface area contributed by atoms with E-state index in [0.29, 0.717) is 17.3 Å². The Bertz CT molecular complexity index is 450. The zero-order valence-electron chi connectivity index (χ0n) is 8.88. The summed E-state index contributed by atoms with van der Waals surface area (Å²) in [6.07, 6.45) is 4.56. The molecule has 0 saturated carbocycles. The molecular weight excluding hydrogens is 202 g/mol. The van der Waals surface area contributed by atoms with Gasteiger partial charge < -0.3 is 5.32 Å². The number of aromatic nitrogens is 1. The van der Waals surface area contributed by atoms with Crippen molar-refractivity contribution in [2.75, 3.05) is 5.32 Å². The number of pyridine rings is 1. The van der Waals surface area contributed by atoms with Gasteiger partial charge in [-0.15, -0.1) is 0 Å². The Morgan fingerprint density at radius 1 is 1.62 bits per heavy atom. The van der Waals surface area contributed by atoms with E-state index in [-0.39, 0.29) is 0 Å². The van der Waals surface area contributed by atoms with Crippen LogP contribution in [0.5, 0.6) is 0 Å². The Hall–Kier alpha value is -2.48. The molecule has 1 aromatic heterocycles. The molecule has 0 saturated heterocycles. The van der Waals surface area contributed by atoms with Gasteiger partial charge in [-0.05, 0) is 19.1 Å². The zero-order chi connectivity index (χ0) is 11.8. The van der Waals surface area contributed by atoms with Crippen LogP contribution in [0.25, 0.3) is 0 Å². The number of hydrogen-bond acceptors (Lipinski definition) is 3. The van der Waals surface area contributed by atoms with E-state index < -0.39 is 0 Å². The van der Waals surface area contributed by atoms with Crippen LogP contribution in [0, 0.1) is 11.3 Å². The van der Waals surface area contributed by atoms with Gasteiger partial charge in [0.15, 0.2) is 0 Å². The maximum Gasteiger partial charge on any atom is 0.226 e. The van der Waals surface area contributed by atoms with E-state index >= 15 is 0 Å². The first-order chi connectivity index (χ1) is 7.80. The molecule has 0 spiro atoms. The normalized spacial score (nSPS) is 11.1. The highest BCUT2D eigenvalue weighted by molar-refractivity contribution is 5.98. The molecule has 1 rings (SSSR count). The number of nitriles is 1. The van der Waals surface area contributed by atoms with Crippen molar-refractivity contribution < 1.29 is 0 Å². The maximum absolute atomic E-state index is 8.59. The molecule has 5 heteroatoms. The van der Waals surface area contributed by atoms with Crippen LogP contribution in [0.1, 0.15) is 12.6 Å². The van der Waals surface area contributed by atoms with Gasteiger partial charge in [-0.3, -0.25) is 0 Å². The summed E-state index contributed by atoms with van der Waals surface area (Å²) in [4.78, 5) is 11.8. The van der Waals surface area contributed by atoms with Gasteiger partial charge >= 0.3 is 0 Å². The average Bonchev–Trinajstić information content (AvgIpc) is 2.31. The van der Waals surface area contributed by atoms with E-state index in [0.717, 1.165) is 0 Å². The molecule has 0 amide bonds. The van der Waals surface area contributed by atoms with Gasteiger partial charge in [-0.2, -0.15) is 5.26 Å². The van der Waals surface area contributed by atoms with Gasteiger partial charge in [-0.1, -0.05) is 6.58 Å². The lowest BCUT2D eigenvalue weighted by Gasteiger charge is -2.03. The van der Waals surface area contributed by atoms with E-state index in [9.17, 15) is 0 Å². The topological polar surface area (TPSA) is 73.4 Å². The molecule has 1 N–H and O–H groups in total. The van der Waals surface area contributed by atoms with E-state index in [2.05, 4.69) is 26.9 Å². The fourth-order valence-corrected chi connectivity index (χ4v) is 0.970. The Kier molecular flexibility index (Phi) is 4.41. The third-order valence-corrected chi connectivity index (χ3v) is 1.60. The number of guanidine groups is 1. The predicted molar refractivity (Wildman–Crippen MR) is 64.4 cm³/mol. The largest absolute Gasteiger partial charge is 0.323 e. The van der Waals surface area contributed by atoms with Gasteiger partial charge in [0.1, 0.15) is 11.8 Å². The van der Waals surface area contributed by atoms with Crippen molar-refractivity contribution in [1.82, 2.24) is 4.98 Å². The van der Waals surface area contributed by atoms with Crippen molar-refractivity contribution in [3.8, 4) is 6.07 Å². The van der Waals surface area contributed by atoms with Crippen molar-refractivity contribution >= 4 is 17.9 Å². The summed E-state index contributed by atoms with van der Waals surface area (Å²) in [5.74, 6) is 0.420. The van der Waals surface area contributed by atoms with Gasteiger partial charge in [0.2, 0.25) is 5.96 Å². The minimum Gasteiger partial charge on any atom is -0.323 e. The molecule has 1 heterocycles. The van der Waals surface area contributed by atoms with Gasteiger partial charge in [-0.25, -0.2) is 15.0 Å². The minimum absolute atomic E-state index is 0.367. The van der Waals surface area contributed by atoms with Crippen molar-refractivity contribution in [3.63, 3.8) is 0 Å². The molecule has 0 fully saturated rings. The lowest BCUT2D eigenvalue weighted by atomic mass is 10.3. The maximum atomic E-state index is 8.59. The van der Waals surface area contributed by atoms with Crippen LogP contribution in [0.15, 0.2) is 41.1 Å². The Labute approximate surface area is 93.9 Å². The second-order valence-corrected chi connectivity index (χ2v) is 2.69. The first-order valence-corrected chi connectivity index (χ1v) is 4.60. The molecule has 5 nitrogen and oxygen atoms in total. The monoisotopic (exact) mass is 213 g/mol. The predicted octanol–water partition coefficient (Wildman–Crippen LogP) is 1.96. The SMILES string of the molecule is C=C/N=C(\N=C/C)Nc1ccc(C#N)nc1. The van der Waals surface area contributed by atoms with Crippen LogP contribution in [-0.2, 0) is 0 Å². The highest BCUT2D eigenvalue weighted by atomic mass is 15.1. The molecular formula is C11H11N5. The smallest absolute Gasteiger partial charge is 0.226 e. The highest BCUT2D eigenvalue weighted by Gasteiger charge is 1.97. The third-order valence-electron chi connectivity index (χ3n) is 1.60. The van der Waals surface area contributed by atoms with Crippen molar-refractivity contribution in [3.05, 3.63) is 36.8 Å². The van der Waals surface area contributed by atoms with E-state index in [1.54, 1.807) is 31.5 Å². The Morgan fingerprint density at radius 3 is 2.94 bits per heavy atom. The first kappa shape index (κ1) is 11.6. The second-order valence-electron chi connectivity index (χ2n) is 2.69. The third kappa shape index (κ3) is 3.35. The second kappa shape index (κ2) is 6.09. The molecule has 0 aliphatic carbocycles. The number of anilines is 1. The number of nitrogens with one attached hydrogen (secondary N) is 1. The van der Waals surface area contributed by atoms with Crippen LogP contribution in [0.2, 0.25) is 0 Å². The summed E-state index contributed by atoms with van der Waals surface area (Å²) in [5.41, 5.74) is 1.08. The molecule has 1 aromatic rings. The molecule has 16 heavy (non-hydrogen) atoms. The standard InChI is InChI=1S/C11H11N5/c1-3-13-11(14-4-2)16-10-6-5-9(7-12)15-8-10/h3-6,8H,1H2,2H3,(H,13,16)/b14-4-. The molecule has 0 aromatic carbocycles. The summed E-state index contributed by atoms with van der Waals surface area (Å²) in [6, 6.07) is 5.29. The first-order valence-electron chi connectivity index (χ1n) is 4.60. The quantitative estimate of drug-likeness (QED) is 0.602. The molecule has 0 aliphatic rings. The molecule has 0 unspecified atom stereocenters. The Balaban J connectivity index is 2.82. The number of rotatable bonds is 2. The minimum atomic E-state index is 0.367. The highest BCUT2D eigenvalue weighted by Crippen LogP contribution is 2.05. The van der Waals surface area contributed by atoms with Crippen LogP contribution in [0.4, 0.5) is 5.69 Å². The number of hydrogen-bond donors (Lipinski definition) is 1. The van der Waals surface area contributed by atoms with E-state index in [4.69, 9.17) is 5.26 Å². The fraction of sp³-hybridized carbons (Fsp3) is 0.0909. The number of aliphatic imine (C=N–C) groups is 2. The van der Waals surface area contributed by atoms with E-state index in [1.165, 1.54) is 6.20 Å². The van der Waals surface area contributed by atoms with Crippen molar-refractivity contribution in [1.29, 1.82) is 5.26 Å².